The maximum atomic E-state index is 11.8. The molecule has 0 heterocycles. The molecule has 5 heteroatoms. The Balaban J connectivity index is 1.85. The van der Waals surface area contributed by atoms with Gasteiger partial charge in [-0.15, -0.1) is 0 Å². The number of fused-ring (bicyclic) bond motifs is 1. The number of nitrogens with one attached hydrogen (secondary N) is 2. The minimum atomic E-state index is 0.00827. The molecule has 2 N–H and O–H groups in total. The Morgan fingerprint density at radius 3 is 3.16 bits per heavy atom. The molecule has 0 saturated heterocycles. The first-order valence-electron chi connectivity index (χ1n) is 6.48. The van der Waals surface area contributed by atoms with Gasteiger partial charge in [0.05, 0.1) is 19.2 Å². The third-order valence-corrected chi connectivity index (χ3v) is 3.67. The summed E-state index contributed by atoms with van der Waals surface area (Å²) in [6.07, 6.45) is 1.85. The van der Waals surface area contributed by atoms with Gasteiger partial charge >= 0.3 is 0 Å². The van der Waals surface area contributed by atoms with Gasteiger partial charge in [-0.3, -0.25) is 4.79 Å². The van der Waals surface area contributed by atoms with Crippen LogP contribution in [0.25, 0.3) is 0 Å². The molecular weight excluding hydrogens is 264 g/mol. The Bertz CT molecular complexity index is 451. The van der Waals surface area contributed by atoms with E-state index in [9.17, 15) is 4.79 Å². The van der Waals surface area contributed by atoms with Crippen LogP contribution >= 0.6 is 11.6 Å². The molecule has 0 fully saturated rings. The zero-order chi connectivity index (χ0) is 13.7. The molecule has 1 atom stereocenters. The van der Waals surface area contributed by atoms with Crippen LogP contribution in [0.2, 0.25) is 5.02 Å². The third-order valence-electron chi connectivity index (χ3n) is 3.32. The molecule has 0 bridgehead atoms. The van der Waals surface area contributed by atoms with Gasteiger partial charge in [0.15, 0.2) is 0 Å². The quantitative estimate of drug-likeness (QED) is 0.781. The van der Waals surface area contributed by atoms with Crippen molar-refractivity contribution in [2.75, 3.05) is 26.8 Å². The number of ether oxygens (including phenoxy) is 1. The van der Waals surface area contributed by atoms with Crippen LogP contribution < -0.4 is 10.6 Å². The lowest BCUT2D eigenvalue weighted by molar-refractivity contribution is -0.121. The number of carbonyl (C=O) groups is 1. The molecule has 0 radical (unpaired) electrons. The van der Waals surface area contributed by atoms with Gasteiger partial charge in [-0.2, -0.15) is 0 Å². The molecule has 1 aliphatic rings. The number of carbonyl (C=O) groups excluding carboxylic acids is 1. The summed E-state index contributed by atoms with van der Waals surface area (Å²) in [5.41, 5.74) is 2.32. The van der Waals surface area contributed by atoms with Crippen molar-refractivity contribution in [1.82, 2.24) is 10.6 Å². The largest absolute Gasteiger partial charge is 0.383 e. The van der Waals surface area contributed by atoms with Crippen LogP contribution in [0, 0.1) is 0 Å². The predicted octanol–water partition coefficient (Wildman–Crippen LogP) is 1.68. The molecule has 4 nitrogen and oxygen atoms in total. The van der Waals surface area contributed by atoms with Crippen molar-refractivity contribution in [3.05, 3.63) is 34.3 Å². The fourth-order valence-electron chi connectivity index (χ4n) is 2.38. The summed E-state index contributed by atoms with van der Waals surface area (Å²) < 4.78 is 4.91. The van der Waals surface area contributed by atoms with Crippen molar-refractivity contribution in [2.45, 2.75) is 18.9 Å². The average molecular weight is 283 g/mol. The first kappa shape index (κ1) is 14.3. The lowest BCUT2D eigenvalue weighted by Gasteiger charge is -2.14. The maximum absolute atomic E-state index is 11.8. The molecule has 0 aliphatic heterocycles. The number of benzene rings is 1. The molecule has 1 amide bonds. The van der Waals surface area contributed by atoms with E-state index in [0.717, 1.165) is 23.4 Å². The van der Waals surface area contributed by atoms with Crippen LogP contribution in [0.5, 0.6) is 0 Å². The SMILES string of the molecule is COCCNCC(=O)NC1CCc2c(Cl)cccc21. The first-order chi connectivity index (χ1) is 9.22. The van der Waals surface area contributed by atoms with Crippen LogP contribution in [0.15, 0.2) is 18.2 Å². The minimum Gasteiger partial charge on any atom is -0.383 e. The normalized spacial score (nSPS) is 17.3. The van der Waals surface area contributed by atoms with E-state index in [1.165, 1.54) is 5.56 Å². The molecule has 2 rings (SSSR count). The number of rotatable bonds is 6. The Kier molecular flexibility index (Phi) is 5.19. The lowest BCUT2D eigenvalue weighted by atomic mass is 10.1. The molecule has 19 heavy (non-hydrogen) atoms. The standard InChI is InChI=1S/C14H19ClN2O2/c1-19-8-7-16-9-14(18)17-13-6-5-10-11(13)3-2-4-12(10)15/h2-4,13,16H,5-9H2,1H3,(H,17,18). The summed E-state index contributed by atoms with van der Waals surface area (Å²) in [5.74, 6) is 0.00827. The van der Waals surface area contributed by atoms with Crippen LogP contribution in [0.1, 0.15) is 23.6 Å². The van der Waals surface area contributed by atoms with E-state index < -0.39 is 0 Å². The van der Waals surface area contributed by atoms with E-state index in [0.29, 0.717) is 19.7 Å². The van der Waals surface area contributed by atoms with Crippen molar-refractivity contribution in [3.8, 4) is 0 Å². The van der Waals surface area contributed by atoms with Gasteiger partial charge in [-0.1, -0.05) is 23.7 Å². The van der Waals surface area contributed by atoms with Gasteiger partial charge in [0.1, 0.15) is 0 Å². The summed E-state index contributed by atoms with van der Waals surface area (Å²) in [6, 6.07) is 5.96. The average Bonchev–Trinajstić information content (AvgIpc) is 2.80. The second-order valence-electron chi connectivity index (χ2n) is 4.64. The first-order valence-corrected chi connectivity index (χ1v) is 6.86. The zero-order valence-electron chi connectivity index (χ0n) is 11.0. The fraction of sp³-hybridized carbons (Fsp3) is 0.500. The van der Waals surface area contributed by atoms with Crippen molar-refractivity contribution in [2.24, 2.45) is 0 Å². The van der Waals surface area contributed by atoms with Gasteiger partial charge in [0.25, 0.3) is 0 Å². The highest BCUT2D eigenvalue weighted by Gasteiger charge is 2.25. The van der Waals surface area contributed by atoms with E-state index >= 15 is 0 Å². The highest BCUT2D eigenvalue weighted by molar-refractivity contribution is 6.31. The Morgan fingerprint density at radius 2 is 2.37 bits per heavy atom. The fourth-order valence-corrected chi connectivity index (χ4v) is 2.66. The molecule has 1 aliphatic carbocycles. The summed E-state index contributed by atoms with van der Waals surface area (Å²) >= 11 is 6.15. The molecule has 1 aromatic rings. The number of halogens is 1. The monoisotopic (exact) mass is 282 g/mol. The van der Waals surface area contributed by atoms with Crippen LogP contribution in [0.3, 0.4) is 0 Å². The van der Waals surface area contributed by atoms with Crippen molar-refractivity contribution >= 4 is 17.5 Å². The van der Waals surface area contributed by atoms with Crippen molar-refractivity contribution in [1.29, 1.82) is 0 Å². The Labute approximate surface area is 118 Å². The zero-order valence-corrected chi connectivity index (χ0v) is 11.8. The number of hydrogen-bond acceptors (Lipinski definition) is 3. The Hall–Kier alpha value is -1.10. The van der Waals surface area contributed by atoms with Crippen LogP contribution in [-0.2, 0) is 16.0 Å². The summed E-state index contributed by atoms with van der Waals surface area (Å²) in [5, 5.41) is 6.87. The number of methoxy groups -OCH3 is 1. The molecule has 0 spiro atoms. The van der Waals surface area contributed by atoms with E-state index in [-0.39, 0.29) is 11.9 Å². The van der Waals surface area contributed by atoms with Gasteiger partial charge in [0.2, 0.25) is 5.91 Å². The van der Waals surface area contributed by atoms with Crippen molar-refractivity contribution in [3.63, 3.8) is 0 Å². The summed E-state index contributed by atoms with van der Waals surface area (Å²) in [6.45, 7) is 1.60. The third kappa shape index (κ3) is 3.69. The second kappa shape index (κ2) is 6.89. The molecular formula is C14H19ClN2O2. The molecule has 1 unspecified atom stereocenters. The number of amides is 1. The van der Waals surface area contributed by atoms with Gasteiger partial charge in [0, 0.05) is 18.7 Å². The van der Waals surface area contributed by atoms with Gasteiger partial charge in [-0.05, 0) is 30.0 Å². The molecule has 104 valence electrons. The topological polar surface area (TPSA) is 50.4 Å². The molecule has 0 aromatic heterocycles. The van der Waals surface area contributed by atoms with Crippen LogP contribution in [-0.4, -0.2) is 32.7 Å². The van der Waals surface area contributed by atoms with Crippen molar-refractivity contribution < 1.29 is 9.53 Å². The van der Waals surface area contributed by atoms with Gasteiger partial charge in [-0.25, -0.2) is 0 Å². The minimum absolute atomic E-state index is 0.00827. The smallest absolute Gasteiger partial charge is 0.234 e. The van der Waals surface area contributed by atoms with Gasteiger partial charge < -0.3 is 15.4 Å². The summed E-state index contributed by atoms with van der Waals surface area (Å²) in [4.78, 5) is 11.8. The Morgan fingerprint density at radius 1 is 1.53 bits per heavy atom. The highest BCUT2D eigenvalue weighted by Crippen LogP contribution is 2.35. The van der Waals surface area contributed by atoms with E-state index in [4.69, 9.17) is 16.3 Å². The molecule has 0 saturated carbocycles. The van der Waals surface area contributed by atoms with Crippen LogP contribution in [0.4, 0.5) is 0 Å². The maximum Gasteiger partial charge on any atom is 0.234 e. The van der Waals surface area contributed by atoms with E-state index in [1.807, 2.05) is 18.2 Å². The highest BCUT2D eigenvalue weighted by atomic mass is 35.5. The molecule has 1 aromatic carbocycles. The van der Waals surface area contributed by atoms with E-state index in [2.05, 4.69) is 10.6 Å². The number of hydrogen-bond donors (Lipinski definition) is 2. The summed E-state index contributed by atoms with van der Waals surface area (Å²) in [7, 11) is 1.64. The predicted molar refractivity (Wildman–Crippen MR) is 75.4 cm³/mol. The van der Waals surface area contributed by atoms with E-state index in [1.54, 1.807) is 7.11 Å². The second-order valence-corrected chi connectivity index (χ2v) is 5.04. The lowest BCUT2D eigenvalue weighted by Crippen LogP contribution is -2.36.